The van der Waals surface area contributed by atoms with Crippen molar-refractivity contribution in [1.82, 2.24) is 0 Å². The topological polar surface area (TPSA) is 112 Å². The van der Waals surface area contributed by atoms with Crippen LogP contribution in [0.1, 0.15) is 26.7 Å². The highest BCUT2D eigenvalue weighted by Gasteiger charge is 2.20. The van der Waals surface area contributed by atoms with E-state index in [0.29, 0.717) is 5.69 Å². The molecule has 0 saturated heterocycles. The Morgan fingerprint density at radius 1 is 1.20 bits per heavy atom. The second-order valence-electron chi connectivity index (χ2n) is 5.19. The van der Waals surface area contributed by atoms with E-state index in [1.165, 1.54) is 31.4 Å². The fourth-order valence-electron chi connectivity index (χ4n) is 2.06. The number of rotatable bonds is 6. The molecule has 0 bridgehead atoms. The number of furan rings is 1. The monoisotopic (exact) mass is 348 g/mol. The van der Waals surface area contributed by atoms with E-state index in [9.17, 15) is 19.7 Å². The van der Waals surface area contributed by atoms with Gasteiger partial charge < -0.3 is 18.8 Å². The summed E-state index contributed by atoms with van der Waals surface area (Å²) in [6, 6.07) is 6.92. The molecular weight excluding hydrogens is 332 g/mol. The van der Waals surface area contributed by atoms with Crippen LogP contribution < -0.4 is 4.90 Å². The van der Waals surface area contributed by atoms with Crippen molar-refractivity contribution in [2.24, 2.45) is 0 Å². The minimum Gasteiger partial charge on any atom is -0.463 e. The number of hydrogen-bond donors (Lipinski definition) is 0. The fourth-order valence-corrected chi connectivity index (χ4v) is 2.06. The second-order valence-corrected chi connectivity index (χ2v) is 5.19. The van der Waals surface area contributed by atoms with Crippen LogP contribution in [0.5, 0.6) is 0 Å². The minimum absolute atomic E-state index is 0.0143. The van der Waals surface area contributed by atoms with Gasteiger partial charge in [0, 0.05) is 20.2 Å². The standard InChI is InChI=1S/C16H16N2O7/c1-17(2)12-6-4-10(8-13(12)18(21)22)15(19)24-9-11-5-7-14(25-11)16(20)23-3/h4-8H,9H2,1-3H3. The van der Waals surface area contributed by atoms with Gasteiger partial charge in [-0.3, -0.25) is 10.1 Å². The summed E-state index contributed by atoms with van der Waals surface area (Å²) in [4.78, 5) is 35.5. The fraction of sp³-hybridized carbons (Fsp3) is 0.250. The van der Waals surface area contributed by atoms with Gasteiger partial charge in [0.15, 0.2) is 0 Å². The van der Waals surface area contributed by atoms with Crippen LogP contribution in [0.2, 0.25) is 0 Å². The number of ether oxygens (including phenoxy) is 2. The number of nitro benzene ring substituents is 1. The molecular formula is C16H16N2O7. The molecule has 0 aliphatic carbocycles. The van der Waals surface area contributed by atoms with Crippen molar-refractivity contribution >= 4 is 23.3 Å². The Bertz CT molecular complexity index is 811. The Labute approximate surface area is 142 Å². The Balaban J connectivity index is 2.10. The van der Waals surface area contributed by atoms with Crippen LogP contribution >= 0.6 is 0 Å². The highest BCUT2D eigenvalue weighted by atomic mass is 16.6. The Morgan fingerprint density at radius 2 is 1.92 bits per heavy atom. The number of esters is 2. The number of carbonyl (C=O) groups is 2. The highest BCUT2D eigenvalue weighted by Crippen LogP contribution is 2.28. The molecule has 1 aromatic carbocycles. The Morgan fingerprint density at radius 3 is 2.52 bits per heavy atom. The molecule has 0 fully saturated rings. The number of hydrogen-bond acceptors (Lipinski definition) is 8. The van der Waals surface area contributed by atoms with Gasteiger partial charge in [0.05, 0.1) is 17.6 Å². The van der Waals surface area contributed by atoms with Crippen molar-refractivity contribution in [1.29, 1.82) is 0 Å². The molecule has 0 saturated carbocycles. The summed E-state index contributed by atoms with van der Waals surface area (Å²) >= 11 is 0. The van der Waals surface area contributed by atoms with E-state index < -0.39 is 16.9 Å². The summed E-state index contributed by atoms with van der Waals surface area (Å²) in [6.07, 6.45) is 0. The molecule has 0 unspecified atom stereocenters. The summed E-state index contributed by atoms with van der Waals surface area (Å²) < 4.78 is 14.7. The van der Waals surface area contributed by atoms with Crippen molar-refractivity contribution in [3.63, 3.8) is 0 Å². The maximum absolute atomic E-state index is 12.1. The highest BCUT2D eigenvalue weighted by molar-refractivity contribution is 5.91. The predicted molar refractivity (Wildman–Crippen MR) is 86.6 cm³/mol. The zero-order chi connectivity index (χ0) is 18.6. The molecule has 9 heteroatoms. The molecule has 0 aliphatic heterocycles. The molecule has 2 aromatic rings. The van der Waals surface area contributed by atoms with Gasteiger partial charge in [0.2, 0.25) is 5.76 Å². The van der Waals surface area contributed by atoms with Gasteiger partial charge in [-0.15, -0.1) is 0 Å². The molecule has 1 aromatic heterocycles. The Kier molecular flexibility index (Phi) is 5.38. The van der Waals surface area contributed by atoms with Gasteiger partial charge in [0.25, 0.3) is 5.69 Å². The van der Waals surface area contributed by atoms with Crippen molar-refractivity contribution in [2.75, 3.05) is 26.1 Å². The first-order valence-corrected chi connectivity index (χ1v) is 7.13. The normalized spacial score (nSPS) is 10.2. The van der Waals surface area contributed by atoms with Crippen molar-refractivity contribution in [2.45, 2.75) is 6.61 Å². The van der Waals surface area contributed by atoms with Crippen LogP contribution in [-0.2, 0) is 16.1 Å². The first-order chi connectivity index (χ1) is 11.8. The van der Waals surface area contributed by atoms with Crippen LogP contribution in [0.25, 0.3) is 0 Å². The molecule has 0 amide bonds. The average Bonchev–Trinajstić information content (AvgIpc) is 3.07. The predicted octanol–water partition coefficient (Wildman–Crippen LogP) is 2.40. The molecule has 1 heterocycles. The van der Waals surface area contributed by atoms with E-state index >= 15 is 0 Å². The molecule has 132 valence electrons. The van der Waals surface area contributed by atoms with Crippen LogP contribution in [-0.4, -0.2) is 38.1 Å². The number of methoxy groups -OCH3 is 1. The van der Waals surface area contributed by atoms with Gasteiger partial charge in [0.1, 0.15) is 18.1 Å². The van der Waals surface area contributed by atoms with Crippen molar-refractivity contribution < 1.29 is 28.4 Å². The lowest BCUT2D eigenvalue weighted by atomic mass is 10.1. The van der Waals surface area contributed by atoms with Crippen LogP contribution in [0.15, 0.2) is 34.7 Å². The van der Waals surface area contributed by atoms with E-state index in [4.69, 9.17) is 9.15 Å². The lowest BCUT2D eigenvalue weighted by Gasteiger charge is -2.13. The van der Waals surface area contributed by atoms with E-state index in [2.05, 4.69) is 4.74 Å². The largest absolute Gasteiger partial charge is 0.463 e. The summed E-state index contributed by atoms with van der Waals surface area (Å²) in [5.74, 6) is -1.16. The summed E-state index contributed by atoms with van der Waals surface area (Å²) in [5, 5.41) is 11.1. The summed E-state index contributed by atoms with van der Waals surface area (Å²) in [7, 11) is 4.54. The minimum atomic E-state index is -0.746. The van der Waals surface area contributed by atoms with E-state index in [1.54, 1.807) is 19.0 Å². The summed E-state index contributed by atoms with van der Waals surface area (Å²) in [5.41, 5.74) is 0.206. The Hall–Kier alpha value is -3.36. The van der Waals surface area contributed by atoms with E-state index in [0.717, 1.165) is 6.07 Å². The number of benzene rings is 1. The second kappa shape index (κ2) is 7.47. The van der Waals surface area contributed by atoms with E-state index in [-0.39, 0.29) is 29.4 Å². The third kappa shape index (κ3) is 4.14. The van der Waals surface area contributed by atoms with Crippen LogP contribution in [0.4, 0.5) is 11.4 Å². The number of anilines is 1. The molecule has 0 atom stereocenters. The average molecular weight is 348 g/mol. The summed E-state index contributed by atoms with van der Waals surface area (Å²) in [6.45, 7) is -0.223. The maximum atomic E-state index is 12.1. The van der Waals surface area contributed by atoms with Crippen molar-refractivity contribution in [3.8, 4) is 0 Å². The number of nitrogens with zero attached hydrogens (tertiary/aromatic N) is 2. The quantitative estimate of drug-likeness (QED) is 0.444. The van der Waals surface area contributed by atoms with Gasteiger partial charge in [-0.25, -0.2) is 9.59 Å². The molecule has 0 N–H and O–H groups in total. The number of nitro groups is 1. The SMILES string of the molecule is COC(=O)c1ccc(COC(=O)c2ccc(N(C)C)c([N+](=O)[O-])c2)o1. The first kappa shape index (κ1) is 18.0. The van der Waals surface area contributed by atoms with E-state index in [1.807, 2.05) is 0 Å². The van der Waals surface area contributed by atoms with Gasteiger partial charge in [-0.1, -0.05) is 0 Å². The molecule has 0 radical (unpaired) electrons. The lowest BCUT2D eigenvalue weighted by molar-refractivity contribution is -0.384. The van der Waals surface area contributed by atoms with Gasteiger partial charge in [-0.05, 0) is 24.3 Å². The number of carbonyl (C=O) groups excluding carboxylic acids is 2. The smallest absolute Gasteiger partial charge is 0.373 e. The molecule has 0 aliphatic rings. The first-order valence-electron chi connectivity index (χ1n) is 7.13. The maximum Gasteiger partial charge on any atom is 0.373 e. The zero-order valence-corrected chi connectivity index (χ0v) is 13.8. The lowest BCUT2D eigenvalue weighted by Crippen LogP contribution is -2.12. The molecule has 2 rings (SSSR count). The third-order valence-electron chi connectivity index (χ3n) is 3.28. The zero-order valence-electron chi connectivity index (χ0n) is 13.8. The third-order valence-corrected chi connectivity index (χ3v) is 3.28. The van der Waals surface area contributed by atoms with Gasteiger partial charge in [-0.2, -0.15) is 0 Å². The molecule has 0 spiro atoms. The van der Waals surface area contributed by atoms with Gasteiger partial charge >= 0.3 is 11.9 Å². The van der Waals surface area contributed by atoms with Crippen LogP contribution in [0.3, 0.4) is 0 Å². The van der Waals surface area contributed by atoms with Crippen molar-refractivity contribution in [3.05, 3.63) is 57.5 Å². The van der Waals surface area contributed by atoms with Crippen LogP contribution in [0, 0.1) is 10.1 Å². The molecule has 25 heavy (non-hydrogen) atoms. The molecule has 9 nitrogen and oxygen atoms in total.